The van der Waals surface area contributed by atoms with Crippen LogP contribution >= 0.6 is 12.6 Å². The third-order valence-electron chi connectivity index (χ3n) is 11.6. The Morgan fingerprint density at radius 1 is 0.966 bits per heavy atom. The van der Waals surface area contributed by atoms with Crippen molar-refractivity contribution in [1.82, 2.24) is 0 Å². The van der Waals surface area contributed by atoms with Crippen LogP contribution in [-0.2, 0) is 49.5 Å². The van der Waals surface area contributed by atoms with E-state index in [9.17, 15) is 49.3 Å². The maximum atomic E-state index is 14.1. The highest BCUT2D eigenvalue weighted by molar-refractivity contribution is 7.79. The van der Waals surface area contributed by atoms with E-state index in [4.69, 9.17) is 24.7 Å². The minimum Gasteiger partial charge on any atom is -0.465 e. The quantitative estimate of drug-likeness (QED) is 0.0339. The Kier molecular flexibility index (Phi) is 16.8. The van der Waals surface area contributed by atoms with E-state index in [1.807, 2.05) is 13.0 Å². The average Bonchev–Trinajstić information content (AvgIpc) is 3.56. The van der Waals surface area contributed by atoms with Crippen LogP contribution in [0.4, 0.5) is 4.79 Å². The molecule has 0 aliphatic heterocycles. The lowest BCUT2D eigenvalue weighted by molar-refractivity contribution is -0.757. The van der Waals surface area contributed by atoms with Crippen LogP contribution in [0.2, 0.25) is 0 Å². The molecule has 3 saturated carbocycles. The van der Waals surface area contributed by atoms with E-state index in [-0.39, 0.29) is 81.2 Å². The number of esters is 2. The van der Waals surface area contributed by atoms with Gasteiger partial charge in [0.05, 0.1) is 25.9 Å². The van der Waals surface area contributed by atoms with Crippen molar-refractivity contribution >= 4 is 42.3 Å². The van der Waals surface area contributed by atoms with E-state index in [2.05, 4.69) is 22.3 Å². The molecule has 0 saturated heterocycles. The van der Waals surface area contributed by atoms with Gasteiger partial charge in [-0.3, -0.25) is 19.2 Å². The summed E-state index contributed by atoms with van der Waals surface area (Å²) in [5.41, 5.74) is 5.21. The van der Waals surface area contributed by atoms with Crippen molar-refractivity contribution in [2.24, 2.45) is 34.8 Å². The lowest BCUT2D eigenvalue weighted by atomic mass is 9.49. The smallest absolute Gasteiger partial charge is 0.465 e. The highest BCUT2D eigenvalue weighted by Gasteiger charge is 2.64. The fourth-order valence-corrected chi connectivity index (χ4v) is 9.08. The molecule has 0 aromatic heterocycles. The number of hydrogen-bond acceptors (Lipinski definition) is 18. The van der Waals surface area contributed by atoms with Gasteiger partial charge >= 0.3 is 18.1 Å². The number of ether oxygens (including phenoxy) is 4. The van der Waals surface area contributed by atoms with Crippen LogP contribution in [0.15, 0.2) is 48.1 Å². The molecule has 0 amide bonds. The summed E-state index contributed by atoms with van der Waals surface area (Å²) in [7, 11) is 0. The molecular formula is C39H51N3O16S. The predicted molar refractivity (Wildman–Crippen MR) is 208 cm³/mol. The summed E-state index contributed by atoms with van der Waals surface area (Å²) >= 11 is 3.53. The largest absolute Gasteiger partial charge is 0.514 e. The van der Waals surface area contributed by atoms with E-state index in [1.165, 1.54) is 18.2 Å². The molecule has 3 fully saturated rings. The lowest BCUT2D eigenvalue weighted by Gasteiger charge is -2.56. The minimum absolute atomic E-state index is 0.0140. The highest BCUT2D eigenvalue weighted by Crippen LogP contribution is 2.63. The molecule has 4 aliphatic carbocycles. The van der Waals surface area contributed by atoms with Crippen molar-refractivity contribution in [2.75, 3.05) is 32.7 Å². The van der Waals surface area contributed by atoms with Gasteiger partial charge in [-0.25, -0.2) is 4.79 Å². The second-order valence-electron chi connectivity index (χ2n) is 15.0. The van der Waals surface area contributed by atoms with Gasteiger partial charge < -0.3 is 39.5 Å². The molecule has 4 aliphatic rings. The molecule has 3 N–H and O–H groups in total. The maximum absolute atomic E-state index is 14.1. The van der Waals surface area contributed by atoms with Crippen LogP contribution in [0.3, 0.4) is 0 Å². The third kappa shape index (κ3) is 11.8. The second-order valence-corrected chi connectivity index (χ2v) is 15.0. The first kappa shape index (κ1) is 46.6. The Labute approximate surface area is 345 Å². The van der Waals surface area contributed by atoms with Crippen LogP contribution in [0, 0.1) is 49.3 Å². The second kappa shape index (κ2) is 21.3. The van der Waals surface area contributed by atoms with Crippen molar-refractivity contribution in [1.29, 1.82) is 0 Å². The first-order valence-corrected chi connectivity index (χ1v) is 20.2. The van der Waals surface area contributed by atoms with Gasteiger partial charge in [-0.2, -0.15) is 12.6 Å². The van der Waals surface area contributed by atoms with Crippen molar-refractivity contribution in [3.63, 3.8) is 0 Å². The van der Waals surface area contributed by atoms with Crippen LogP contribution in [0.1, 0.15) is 70.3 Å². The van der Waals surface area contributed by atoms with Crippen molar-refractivity contribution in [3.05, 3.63) is 73.9 Å². The van der Waals surface area contributed by atoms with Crippen LogP contribution in [-0.4, -0.2) is 95.4 Å². The van der Waals surface area contributed by atoms with Gasteiger partial charge in [0.2, 0.25) is 5.78 Å². The average molecular weight is 850 g/mol. The number of aliphatic hydroxyl groups is 1. The normalized spacial score (nSPS) is 26.8. The van der Waals surface area contributed by atoms with Gasteiger partial charge in [0.1, 0.15) is 11.8 Å². The summed E-state index contributed by atoms with van der Waals surface area (Å²) in [6.07, 6.45) is 7.00. The molecule has 19 nitrogen and oxygen atoms in total. The minimum atomic E-state index is -1.75. The molecule has 1 aromatic rings. The van der Waals surface area contributed by atoms with E-state index < -0.39 is 69.7 Å². The Morgan fingerprint density at radius 2 is 1.63 bits per heavy atom. The van der Waals surface area contributed by atoms with Crippen LogP contribution in [0.5, 0.6) is 5.75 Å². The summed E-state index contributed by atoms with van der Waals surface area (Å²) in [5.74, 6) is -3.26. The molecule has 0 radical (unpaired) electrons. The highest BCUT2D eigenvalue weighted by atomic mass is 32.1. The first-order valence-electron chi connectivity index (χ1n) is 19.4. The van der Waals surface area contributed by atoms with Crippen molar-refractivity contribution in [2.45, 2.75) is 88.9 Å². The number of nitrogens with zero attached hydrogens (tertiary/aromatic N) is 2. The van der Waals surface area contributed by atoms with E-state index in [1.54, 1.807) is 24.5 Å². The van der Waals surface area contributed by atoms with Crippen molar-refractivity contribution in [3.8, 4) is 5.75 Å². The number of thiol groups is 1. The summed E-state index contributed by atoms with van der Waals surface area (Å²) in [6.45, 7) is 0.741. The van der Waals surface area contributed by atoms with Gasteiger partial charge in [-0.1, -0.05) is 30.7 Å². The van der Waals surface area contributed by atoms with Gasteiger partial charge in [-0.05, 0) is 106 Å². The molecule has 7 unspecified atom stereocenters. The SMILES string of the molecule is CC12C=CC(=O)C=C1CCC1C3CC[C@](OC(=O)CCCO[N+](=O)[O-])(C(=O)COC(=O)Oc4ccc(CC(N)C(=O)OCCCCO[N+](=O)[O-])cc4)C3CC(O)C12.CS. The number of ketones is 2. The lowest BCUT2D eigenvalue weighted by Crippen LogP contribution is -2.58. The molecular weight excluding hydrogens is 799 g/mol. The zero-order valence-electron chi connectivity index (χ0n) is 32.9. The van der Waals surface area contributed by atoms with Gasteiger partial charge in [0.25, 0.3) is 10.2 Å². The number of unbranched alkanes of at least 4 members (excludes halogenated alkanes) is 1. The molecule has 1 aromatic carbocycles. The summed E-state index contributed by atoms with van der Waals surface area (Å²) in [5, 5.41) is 30.6. The standard InChI is InChI=1S/C38H47N3O16.CH4S/c1-37-14-12-25(42)20-24(37)8-11-28-27-13-15-38(29(27)21-31(43)34(28)37,57-33(45)5-4-18-55-41(50)51)32(44)22-53-36(47)56-26-9-6-23(7-10-26)19-30(39)35(46)52-16-2-3-17-54-40(48)49;1-2/h6-7,9-10,12,14,20,27-31,34,43H,2-5,8,11,13,15-19,21-22,39H2,1H3;2H,1H3/t27?,28?,29?,30?,31?,34?,37?,38-;/m1./s1. The fraction of sp³-hybridized carbons (Fsp3) is 0.615. The van der Waals surface area contributed by atoms with E-state index >= 15 is 0 Å². The van der Waals surface area contributed by atoms with Gasteiger partial charge in [-0.15, -0.1) is 20.2 Å². The predicted octanol–water partition coefficient (Wildman–Crippen LogP) is 3.88. The number of aliphatic hydroxyl groups excluding tert-OH is 1. The molecule has 20 heteroatoms. The van der Waals surface area contributed by atoms with Crippen LogP contribution < -0.4 is 10.5 Å². The van der Waals surface area contributed by atoms with E-state index in [0.29, 0.717) is 37.7 Å². The molecule has 59 heavy (non-hydrogen) atoms. The topological polar surface area (TPSA) is 273 Å². The number of Topliss-reactive ketones (excluding diaryl/α,β-unsaturated/α-hetero) is 1. The molecule has 324 valence electrons. The van der Waals surface area contributed by atoms with Crippen molar-refractivity contribution < 1.29 is 67.9 Å². The summed E-state index contributed by atoms with van der Waals surface area (Å²) in [6, 6.07) is 4.98. The van der Waals surface area contributed by atoms with Gasteiger partial charge in [0.15, 0.2) is 18.0 Å². The molecule has 0 heterocycles. The van der Waals surface area contributed by atoms with E-state index in [0.717, 1.165) is 5.57 Å². The first-order chi connectivity index (χ1) is 28.1. The molecule has 8 atom stereocenters. The molecule has 5 rings (SSSR count). The Hall–Kier alpha value is -5.08. The maximum Gasteiger partial charge on any atom is 0.514 e. The Morgan fingerprint density at radius 3 is 2.31 bits per heavy atom. The number of benzene rings is 1. The summed E-state index contributed by atoms with van der Waals surface area (Å²) in [4.78, 5) is 93.7. The Bertz CT molecular complexity index is 1770. The third-order valence-corrected chi connectivity index (χ3v) is 11.6. The number of carbonyl (C=O) groups is 5. The summed E-state index contributed by atoms with van der Waals surface area (Å²) < 4.78 is 21.6. The zero-order valence-corrected chi connectivity index (χ0v) is 33.8. The Balaban J connectivity index is 0.00000378. The molecule has 0 bridgehead atoms. The number of nitrogens with two attached hydrogens (primary N) is 1. The number of hydrogen-bond donors (Lipinski definition) is 3. The number of rotatable bonds is 19. The molecule has 0 spiro atoms. The fourth-order valence-electron chi connectivity index (χ4n) is 9.08. The number of carbonyl (C=O) groups excluding carboxylic acids is 5. The van der Waals surface area contributed by atoms with Gasteiger partial charge in [0, 0.05) is 23.7 Å². The van der Waals surface area contributed by atoms with Crippen LogP contribution in [0.25, 0.3) is 0 Å². The zero-order chi connectivity index (χ0) is 43.3. The number of fused-ring (bicyclic) bond motifs is 5. The number of allylic oxidation sites excluding steroid dienone is 4. The monoisotopic (exact) mass is 849 g/mol.